The molecule has 2 fully saturated rings. The molecule has 2 aliphatic rings. The Labute approximate surface area is 151 Å². The minimum Gasteiger partial charge on any atom is -0.295 e. The normalized spacial score (nSPS) is 27.2. The molecule has 0 aromatic heterocycles. The van der Waals surface area contributed by atoms with Crippen molar-refractivity contribution in [3.8, 4) is 0 Å². The van der Waals surface area contributed by atoms with E-state index in [-0.39, 0.29) is 6.04 Å². The van der Waals surface area contributed by atoms with Crippen molar-refractivity contribution in [3.05, 3.63) is 0 Å². The van der Waals surface area contributed by atoms with Crippen LogP contribution in [0.25, 0.3) is 0 Å². The van der Waals surface area contributed by atoms with Crippen LogP contribution in [-0.2, 0) is 28.6 Å². The Hall–Kier alpha value is -0.640. The Bertz CT molecular complexity index is 674. The number of halogens is 6. The van der Waals surface area contributed by atoms with Crippen LogP contribution < -0.4 is 0 Å². The molecule has 1 saturated carbocycles. The predicted molar refractivity (Wildman–Crippen MR) is 78.1 cm³/mol. The van der Waals surface area contributed by atoms with Crippen LogP contribution in [0.15, 0.2) is 0 Å². The van der Waals surface area contributed by atoms with Gasteiger partial charge >= 0.3 is 31.3 Å². The van der Waals surface area contributed by atoms with Gasteiger partial charge in [-0.3, -0.25) is 13.3 Å². The third-order valence-corrected chi connectivity index (χ3v) is 6.54. The Morgan fingerprint density at radius 3 is 1.41 bits per heavy atom. The largest absolute Gasteiger partial charge is 0.523 e. The molecular formula is C12H17F6NO6S2. The summed E-state index contributed by atoms with van der Waals surface area (Å²) in [6.45, 7) is -1.00. The number of hydrogen-bond donors (Lipinski definition) is 0. The lowest BCUT2D eigenvalue weighted by Gasteiger charge is -2.30. The smallest absolute Gasteiger partial charge is 0.295 e. The first kappa shape index (κ1) is 22.6. The molecule has 0 amide bonds. The standard InChI is InChI=1S/C12H17F6NO6S2/c13-11(14,15)26(20,21)24-9-6-19(8-4-2-1-3-5-8)7-10(9)25-27(22,23)12(16,17)18/h8-10H,1-7H2/t9-,10-/m1/s1. The zero-order valence-corrected chi connectivity index (χ0v) is 15.3. The third-order valence-electron chi connectivity index (χ3n) is 4.40. The van der Waals surface area contributed by atoms with Crippen molar-refractivity contribution in [1.82, 2.24) is 4.90 Å². The summed E-state index contributed by atoms with van der Waals surface area (Å²) in [5.41, 5.74) is -11.6. The van der Waals surface area contributed by atoms with E-state index in [1.165, 1.54) is 4.90 Å². The summed E-state index contributed by atoms with van der Waals surface area (Å²) in [5, 5.41) is 0. The van der Waals surface area contributed by atoms with E-state index >= 15 is 0 Å². The lowest BCUT2D eigenvalue weighted by atomic mass is 9.94. The second kappa shape index (κ2) is 7.65. The SMILES string of the molecule is O=S(=O)(O[C@@H]1CN(C2CCCCC2)C[C@H]1OS(=O)(=O)C(F)(F)F)C(F)(F)F. The average molecular weight is 449 g/mol. The molecule has 1 saturated heterocycles. The van der Waals surface area contributed by atoms with Gasteiger partial charge in [-0.1, -0.05) is 19.3 Å². The fourth-order valence-corrected chi connectivity index (χ4v) is 4.37. The van der Waals surface area contributed by atoms with Crippen molar-refractivity contribution in [2.24, 2.45) is 0 Å². The van der Waals surface area contributed by atoms with E-state index in [1.807, 2.05) is 0 Å². The van der Waals surface area contributed by atoms with Crippen LogP contribution in [0.4, 0.5) is 26.3 Å². The van der Waals surface area contributed by atoms with Crippen LogP contribution >= 0.6 is 0 Å². The number of likely N-dealkylation sites (tertiary alicyclic amines) is 1. The predicted octanol–water partition coefficient (Wildman–Crippen LogP) is 2.10. The maximum atomic E-state index is 12.5. The van der Waals surface area contributed by atoms with Crippen molar-refractivity contribution in [2.45, 2.75) is 61.4 Å². The molecule has 0 aromatic rings. The summed E-state index contributed by atoms with van der Waals surface area (Å²) in [5.74, 6) is 0. The molecule has 7 nitrogen and oxygen atoms in total. The first-order chi connectivity index (χ1) is 12.1. The van der Waals surface area contributed by atoms with E-state index in [0.29, 0.717) is 12.8 Å². The number of rotatable bonds is 5. The molecule has 0 bridgehead atoms. The highest BCUT2D eigenvalue weighted by atomic mass is 32.2. The van der Waals surface area contributed by atoms with Crippen LogP contribution in [0.5, 0.6) is 0 Å². The van der Waals surface area contributed by atoms with Gasteiger partial charge in [0.1, 0.15) is 12.2 Å². The number of nitrogens with zero attached hydrogens (tertiary/aromatic N) is 1. The lowest BCUT2D eigenvalue weighted by molar-refractivity contribution is -0.0665. The van der Waals surface area contributed by atoms with Gasteiger partial charge in [0, 0.05) is 19.1 Å². The molecular weight excluding hydrogens is 432 g/mol. The van der Waals surface area contributed by atoms with E-state index < -0.39 is 56.6 Å². The molecule has 27 heavy (non-hydrogen) atoms. The fourth-order valence-electron chi connectivity index (χ4n) is 3.14. The molecule has 0 aromatic carbocycles. The van der Waals surface area contributed by atoms with Crippen LogP contribution in [0.1, 0.15) is 32.1 Å². The molecule has 1 aliphatic carbocycles. The van der Waals surface area contributed by atoms with Crippen molar-refractivity contribution in [1.29, 1.82) is 0 Å². The molecule has 1 heterocycles. The molecule has 0 unspecified atom stereocenters. The van der Waals surface area contributed by atoms with Crippen LogP contribution in [0.2, 0.25) is 0 Å². The van der Waals surface area contributed by atoms with Gasteiger partial charge in [-0.2, -0.15) is 43.2 Å². The van der Waals surface area contributed by atoms with Crippen molar-refractivity contribution in [2.75, 3.05) is 13.1 Å². The van der Waals surface area contributed by atoms with Crippen molar-refractivity contribution in [3.63, 3.8) is 0 Å². The molecule has 160 valence electrons. The summed E-state index contributed by atoms with van der Waals surface area (Å²) in [6.07, 6.45) is -0.435. The summed E-state index contributed by atoms with van der Waals surface area (Å²) >= 11 is 0. The van der Waals surface area contributed by atoms with E-state index in [9.17, 15) is 43.2 Å². The highest BCUT2D eigenvalue weighted by Gasteiger charge is 2.55. The molecule has 2 atom stereocenters. The number of hydrogen-bond acceptors (Lipinski definition) is 7. The highest BCUT2D eigenvalue weighted by molar-refractivity contribution is 7.88. The minimum absolute atomic E-state index is 0.236. The lowest BCUT2D eigenvalue weighted by Crippen LogP contribution is -2.40. The zero-order chi connectivity index (χ0) is 20.7. The van der Waals surface area contributed by atoms with Gasteiger partial charge in [-0.05, 0) is 12.8 Å². The van der Waals surface area contributed by atoms with Gasteiger partial charge < -0.3 is 0 Å². The van der Waals surface area contributed by atoms with E-state index in [0.717, 1.165) is 19.3 Å². The maximum Gasteiger partial charge on any atom is 0.523 e. The molecule has 0 N–H and O–H groups in total. The fraction of sp³-hybridized carbons (Fsp3) is 1.00. The van der Waals surface area contributed by atoms with E-state index in [4.69, 9.17) is 0 Å². The van der Waals surface area contributed by atoms with Crippen LogP contribution in [0.3, 0.4) is 0 Å². The minimum atomic E-state index is -6.14. The van der Waals surface area contributed by atoms with Gasteiger partial charge in [-0.25, -0.2) is 0 Å². The Morgan fingerprint density at radius 1 is 0.704 bits per heavy atom. The molecule has 15 heteroatoms. The van der Waals surface area contributed by atoms with E-state index in [2.05, 4.69) is 8.37 Å². The van der Waals surface area contributed by atoms with Gasteiger partial charge in [0.25, 0.3) is 0 Å². The van der Waals surface area contributed by atoms with Crippen LogP contribution in [-0.4, -0.2) is 64.1 Å². The van der Waals surface area contributed by atoms with Crippen molar-refractivity contribution >= 4 is 20.2 Å². The monoisotopic (exact) mass is 449 g/mol. The highest BCUT2D eigenvalue weighted by Crippen LogP contribution is 2.34. The first-order valence-corrected chi connectivity index (χ1v) is 10.7. The van der Waals surface area contributed by atoms with Gasteiger partial charge in [-0.15, -0.1) is 0 Å². The molecule has 2 rings (SSSR count). The quantitative estimate of drug-likeness (QED) is 0.361. The Kier molecular flexibility index (Phi) is 6.41. The van der Waals surface area contributed by atoms with Gasteiger partial charge in [0.15, 0.2) is 0 Å². The topological polar surface area (TPSA) is 90.0 Å². The average Bonchev–Trinajstić information content (AvgIpc) is 2.87. The van der Waals surface area contributed by atoms with Crippen LogP contribution in [0, 0.1) is 0 Å². The first-order valence-electron chi connectivity index (χ1n) is 7.87. The Morgan fingerprint density at radius 2 is 1.07 bits per heavy atom. The summed E-state index contributed by atoms with van der Waals surface area (Å²) < 4.78 is 128. The number of alkyl halides is 6. The Balaban J connectivity index is 2.23. The van der Waals surface area contributed by atoms with Gasteiger partial charge in [0.2, 0.25) is 0 Å². The zero-order valence-electron chi connectivity index (χ0n) is 13.7. The summed E-state index contributed by atoms with van der Waals surface area (Å²) in [6, 6.07) is -0.236. The second-order valence-corrected chi connectivity index (χ2v) is 9.44. The summed E-state index contributed by atoms with van der Waals surface area (Å²) in [4.78, 5) is 1.41. The molecule has 0 spiro atoms. The molecule has 1 aliphatic heterocycles. The maximum absolute atomic E-state index is 12.5. The summed E-state index contributed by atoms with van der Waals surface area (Å²) in [7, 11) is -12.3. The molecule has 0 radical (unpaired) electrons. The van der Waals surface area contributed by atoms with E-state index in [1.54, 1.807) is 0 Å². The second-order valence-electron chi connectivity index (χ2n) is 6.31. The van der Waals surface area contributed by atoms with Crippen molar-refractivity contribution < 1.29 is 51.5 Å². The third kappa shape index (κ3) is 5.25. The van der Waals surface area contributed by atoms with Gasteiger partial charge in [0.05, 0.1) is 0 Å².